The molecular weight excluding hydrogens is 809 g/mol. The Bertz CT molecular complexity index is 2100. The van der Waals surface area contributed by atoms with E-state index in [1.807, 2.05) is 52.0 Å². The Kier molecular flexibility index (Phi) is 16.4. The van der Waals surface area contributed by atoms with E-state index >= 15 is 0 Å². The lowest BCUT2D eigenvalue weighted by Gasteiger charge is -2.26. The fourth-order valence-electron chi connectivity index (χ4n) is 7.67. The lowest BCUT2D eigenvalue weighted by Crippen LogP contribution is -2.34. The maximum Gasteiger partial charge on any atom is 0.338 e. The molecule has 0 radical (unpaired) electrons. The third-order valence-corrected chi connectivity index (χ3v) is 11.1. The number of esters is 4. The first-order valence-electron chi connectivity index (χ1n) is 21.2. The number of fused-ring (bicyclic) bond motifs is 1. The molecule has 0 saturated carbocycles. The van der Waals surface area contributed by atoms with E-state index in [0.717, 1.165) is 0 Å². The fraction of sp³-hybridized carbons (Fsp3) is 0.400. The van der Waals surface area contributed by atoms with Crippen molar-refractivity contribution in [3.63, 3.8) is 0 Å². The van der Waals surface area contributed by atoms with Crippen LogP contribution < -0.4 is 0 Å². The monoisotopic (exact) mass is 864 g/mol. The molecule has 0 spiro atoms. The van der Waals surface area contributed by atoms with Crippen LogP contribution in [-0.4, -0.2) is 97.0 Å². The SMILES string of the molecule is C=CC[C@@H]1O[C@H](C[C@@H](COC(=O)c2ccccc2)OC(=O)c2ccccc2)[C@H](C)C1O.C[C@@H]1C2OC(C)(C)O[C@H]2O[C@@H]1CC(COC(=O)c1ccccc1)OC(=O)c1ccccc1. The number of carbonyl (C=O) groups is 4. The maximum atomic E-state index is 12.7. The van der Waals surface area contributed by atoms with Gasteiger partial charge < -0.3 is 43.0 Å². The van der Waals surface area contributed by atoms with Crippen LogP contribution in [0.15, 0.2) is 134 Å². The number of aliphatic hydroxyl groups is 1. The number of rotatable bonds is 16. The molecule has 63 heavy (non-hydrogen) atoms. The summed E-state index contributed by atoms with van der Waals surface area (Å²) in [6.45, 7) is 11.1. The first kappa shape index (κ1) is 46.8. The van der Waals surface area contributed by atoms with Gasteiger partial charge in [-0.25, -0.2) is 19.2 Å². The molecule has 334 valence electrons. The van der Waals surface area contributed by atoms with Gasteiger partial charge in [0.2, 0.25) is 0 Å². The molecule has 3 aliphatic rings. The Morgan fingerprint density at radius 3 is 1.40 bits per heavy atom. The predicted molar refractivity (Wildman–Crippen MR) is 230 cm³/mol. The van der Waals surface area contributed by atoms with Gasteiger partial charge in [-0.3, -0.25) is 0 Å². The van der Waals surface area contributed by atoms with Gasteiger partial charge in [-0.1, -0.05) is 92.7 Å². The Balaban J connectivity index is 0.000000210. The Morgan fingerprint density at radius 1 is 0.603 bits per heavy atom. The molecule has 0 aliphatic carbocycles. The average molecular weight is 865 g/mol. The number of hydrogen-bond acceptors (Lipinski definition) is 13. The highest BCUT2D eigenvalue weighted by atomic mass is 16.8. The maximum absolute atomic E-state index is 12.7. The van der Waals surface area contributed by atoms with Crippen molar-refractivity contribution in [1.29, 1.82) is 0 Å². The molecule has 7 rings (SSSR count). The van der Waals surface area contributed by atoms with Crippen LogP contribution in [0.5, 0.6) is 0 Å². The molecule has 3 aliphatic heterocycles. The van der Waals surface area contributed by atoms with Crippen molar-refractivity contribution in [2.75, 3.05) is 13.2 Å². The zero-order valence-electron chi connectivity index (χ0n) is 36.0. The van der Waals surface area contributed by atoms with Gasteiger partial charge >= 0.3 is 23.9 Å². The van der Waals surface area contributed by atoms with E-state index in [1.54, 1.807) is 103 Å². The summed E-state index contributed by atoms with van der Waals surface area (Å²) in [5.74, 6) is -2.79. The topological polar surface area (TPSA) is 162 Å². The molecule has 3 heterocycles. The van der Waals surface area contributed by atoms with Crippen molar-refractivity contribution < 1.29 is 62.2 Å². The van der Waals surface area contributed by atoms with Crippen LogP contribution in [0, 0.1) is 11.8 Å². The molecule has 10 atom stereocenters. The van der Waals surface area contributed by atoms with Gasteiger partial charge in [0, 0.05) is 24.7 Å². The molecule has 3 unspecified atom stereocenters. The molecular formula is C50H56O13. The second-order valence-corrected chi connectivity index (χ2v) is 16.3. The molecule has 3 saturated heterocycles. The number of benzene rings is 4. The van der Waals surface area contributed by atoms with E-state index in [0.29, 0.717) is 41.5 Å². The third-order valence-electron chi connectivity index (χ3n) is 11.1. The minimum absolute atomic E-state index is 0.0181. The smallest absolute Gasteiger partial charge is 0.338 e. The quantitative estimate of drug-likeness (QED) is 0.0661. The number of aliphatic hydroxyl groups excluding tert-OH is 1. The number of ether oxygens (including phenoxy) is 8. The summed E-state index contributed by atoms with van der Waals surface area (Å²) < 4.78 is 46.1. The Labute approximate surface area is 368 Å². The Hall–Kier alpha value is -5.70. The Morgan fingerprint density at radius 2 is 1.00 bits per heavy atom. The molecule has 0 amide bonds. The van der Waals surface area contributed by atoms with Crippen LogP contribution in [0.1, 0.15) is 88.4 Å². The molecule has 4 aromatic rings. The van der Waals surface area contributed by atoms with Gasteiger partial charge in [0.25, 0.3) is 0 Å². The summed E-state index contributed by atoms with van der Waals surface area (Å²) in [5.41, 5.74) is 1.69. The van der Waals surface area contributed by atoms with E-state index in [2.05, 4.69) is 6.58 Å². The van der Waals surface area contributed by atoms with Crippen LogP contribution in [-0.2, 0) is 37.9 Å². The number of carbonyl (C=O) groups excluding carboxylic acids is 4. The van der Waals surface area contributed by atoms with E-state index in [4.69, 9.17) is 37.9 Å². The first-order chi connectivity index (χ1) is 30.3. The molecule has 0 bridgehead atoms. The van der Waals surface area contributed by atoms with Crippen molar-refractivity contribution in [3.8, 4) is 0 Å². The predicted octanol–water partition coefficient (Wildman–Crippen LogP) is 7.77. The highest BCUT2D eigenvalue weighted by Gasteiger charge is 2.53. The molecule has 1 N–H and O–H groups in total. The highest BCUT2D eigenvalue weighted by Crippen LogP contribution is 2.42. The second kappa shape index (κ2) is 22.1. The highest BCUT2D eigenvalue weighted by molar-refractivity contribution is 5.91. The summed E-state index contributed by atoms with van der Waals surface area (Å²) in [6, 6.07) is 34.7. The minimum atomic E-state index is -0.720. The molecule has 4 aromatic carbocycles. The number of hydrogen-bond donors (Lipinski definition) is 1. The summed E-state index contributed by atoms with van der Waals surface area (Å²) in [5, 5.41) is 10.4. The lowest BCUT2D eigenvalue weighted by atomic mass is 9.94. The fourth-order valence-corrected chi connectivity index (χ4v) is 7.67. The first-order valence-corrected chi connectivity index (χ1v) is 21.2. The normalized spacial score (nSPS) is 25.3. The zero-order chi connectivity index (χ0) is 44.9. The summed E-state index contributed by atoms with van der Waals surface area (Å²) >= 11 is 0. The molecule has 0 aromatic heterocycles. The van der Waals surface area contributed by atoms with Crippen LogP contribution in [0.3, 0.4) is 0 Å². The van der Waals surface area contributed by atoms with Crippen molar-refractivity contribution in [3.05, 3.63) is 156 Å². The summed E-state index contributed by atoms with van der Waals surface area (Å²) in [6.07, 6.45) is -0.804. The van der Waals surface area contributed by atoms with Gasteiger partial charge in [-0.15, -0.1) is 6.58 Å². The van der Waals surface area contributed by atoms with Crippen molar-refractivity contribution in [1.82, 2.24) is 0 Å². The van der Waals surface area contributed by atoms with Gasteiger partial charge in [0.15, 0.2) is 12.1 Å². The van der Waals surface area contributed by atoms with E-state index in [1.165, 1.54) is 0 Å². The summed E-state index contributed by atoms with van der Waals surface area (Å²) in [7, 11) is 0. The second-order valence-electron chi connectivity index (χ2n) is 16.3. The van der Waals surface area contributed by atoms with Gasteiger partial charge in [0.1, 0.15) is 31.5 Å². The van der Waals surface area contributed by atoms with Gasteiger partial charge in [-0.05, 0) is 68.8 Å². The standard InChI is InChI=1S/C25H28O7.C25H28O6/c1-16-20(30-24-21(16)31-25(2,3)32-24)14-19(29-23(27)18-12-8-5-9-13-18)15-28-22(26)17-10-6-4-7-11-17;1-3-10-21-23(26)17(2)22(31-21)15-20(30-25(28)19-13-8-5-9-14-19)16-29-24(27)18-11-6-4-7-12-18/h4-13,16,19-21,24H,14-15H2,1-3H3;3-9,11-14,17,20-23,26H,1,10,15-16H2,2H3/t16-,19?,20+,21?,24+;17-,20-,21-,22+,23?/m00/s1. The van der Waals surface area contributed by atoms with Crippen LogP contribution >= 0.6 is 0 Å². The largest absolute Gasteiger partial charge is 0.458 e. The van der Waals surface area contributed by atoms with Crippen LogP contribution in [0.2, 0.25) is 0 Å². The van der Waals surface area contributed by atoms with Crippen LogP contribution in [0.4, 0.5) is 0 Å². The third kappa shape index (κ3) is 12.9. The molecule has 13 nitrogen and oxygen atoms in total. The van der Waals surface area contributed by atoms with Gasteiger partial charge in [-0.2, -0.15) is 0 Å². The average Bonchev–Trinajstić information content (AvgIpc) is 3.86. The van der Waals surface area contributed by atoms with Gasteiger partial charge in [0.05, 0.1) is 46.7 Å². The zero-order valence-corrected chi connectivity index (χ0v) is 36.0. The lowest BCUT2D eigenvalue weighted by molar-refractivity contribution is -0.212. The van der Waals surface area contributed by atoms with Crippen molar-refractivity contribution in [2.24, 2.45) is 11.8 Å². The van der Waals surface area contributed by atoms with Crippen LogP contribution in [0.25, 0.3) is 0 Å². The minimum Gasteiger partial charge on any atom is -0.458 e. The van der Waals surface area contributed by atoms with Crippen molar-refractivity contribution >= 4 is 23.9 Å². The summed E-state index contributed by atoms with van der Waals surface area (Å²) in [4.78, 5) is 50.0. The van der Waals surface area contributed by atoms with E-state index in [9.17, 15) is 24.3 Å². The van der Waals surface area contributed by atoms with Crippen molar-refractivity contribution in [2.45, 2.75) is 102 Å². The molecule has 3 fully saturated rings. The van der Waals surface area contributed by atoms with E-state index in [-0.39, 0.29) is 49.5 Å². The molecule has 13 heteroatoms. The van der Waals surface area contributed by atoms with E-state index < -0.39 is 54.3 Å².